The van der Waals surface area contributed by atoms with Crippen LogP contribution in [-0.4, -0.2) is 31.1 Å². The molecule has 1 saturated carbocycles. The van der Waals surface area contributed by atoms with E-state index >= 15 is 0 Å². The number of thiazole rings is 1. The highest BCUT2D eigenvalue weighted by molar-refractivity contribution is 7.22. The zero-order valence-electron chi connectivity index (χ0n) is 14.1. The third-order valence-electron chi connectivity index (χ3n) is 4.23. The first kappa shape index (κ1) is 16.3. The molecule has 1 amide bonds. The fourth-order valence-corrected chi connectivity index (χ4v) is 4.39. The van der Waals surface area contributed by atoms with Gasteiger partial charge >= 0.3 is 0 Å². The van der Waals surface area contributed by atoms with Crippen LogP contribution < -0.4 is 5.32 Å². The fourth-order valence-electron chi connectivity index (χ4n) is 2.77. The number of thiophene rings is 1. The van der Waals surface area contributed by atoms with Gasteiger partial charge in [-0.05, 0) is 46.8 Å². The van der Waals surface area contributed by atoms with E-state index in [4.69, 9.17) is 0 Å². The van der Waals surface area contributed by atoms with Crippen LogP contribution in [0.1, 0.15) is 28.6 Å². The van der Waals surface area contributed by atoms with Crippen molar-refractivity contribution in [3.05, 3.63) is 52.9 Å². The molecule has 5 rings (SSSR count). The number of carbonyl (C=O) groups is 1. The van der Waals surface area contributed by atoms with E-state index in [1.807, 2.05) is 46.5 Å². The Kier molecular flexibility index (Phi) is 4.02. The van der Waals surface area contributed by atoms with Crippen LogP contribution in [0.3, 0.4) is 0 Å². The molecule has 1 aliphatic carbocycles. The molecule has 27 heavy (non-hydrogen) atoms. The molecule has 7 nitrogen and oxygen atoms in total. The lowest BCUT2D eigenvalue weighted by Crippen LogP contribution is -2.10. The van der Waals surface area contributed by atoms with E-state index in [0.717, 1.165) is 34.1 Å². The van der Waals surface area contributed by atoms with Gasteiger partial charge in [0.25, 0.3) is 5.91 Å². The Labute approximate surface area is 162 Å². The molecule has 0 atom stereocenters. The second kappa shape index (κ2) is 6.67. The zero-order chi connectivity index (χ0) is 18.2. The van der Waals surface area contributed by atoms with Gasteiger partial charge in [-0.1, -0.05) is 18.2 Å². The standard InChI is InChI=1S/C18H14N6OS2/c25-17(15-10-19-18(27-15)14-5-2-8-26-14)20-12-4-1-3-11(9-12)16-21-22-23-24(16)13-6-7-13/h1-5,8-10,13H,6-7H2,(H,20,25). The molecule has 3 heterocycles. The lowest BCUT2D eigenvalue weighted by atomic mass is 10.2. The van der Waals surface area contributed by atoms with Gasteiger partial charge in [-0.3, -0.25) is 4.79 Å². The largest absolute Gasteiger partial charge is 0.321 e. The maximum absolute atomic E-state index is 12.6. The smallest absolute Gasteiger partial charge is 0.267 e. The van der Waals surface area contributed by atoms with E-state index in [0.29, 0.717) is 16.6 Å². The van der Waals surface area contributed by atoms with Crippen LogP contribution in [0.25, 0.3) is 21.3 Å². The van der Waals surface area contributed by atoms with Crippen molar-refractivity contribution in [2.75, 3.05) is 5.32 Å². The monoisotopic (exact) mass is 394 g/mol. The van der Waals surface area contributed by atoms with E-state index in [1.165, 1.54) is 11.3 Å². The number of benzene rings is 1. The van der Waals surface area contributed by atoms with Crippen LogP contribution in [0.5, 0.6) is 0 Å². The number of amides is 1. The molecular formula is C18H14N6OS2. The first-order chi connectivity index (χ1) is 13.3. The summed E-state index contributed by atoms with van der Waals surface area (Å²) in [6.45, 7) is 0. The van der Waals surface area contributed by atoms with Crippen molar-refractivity contribution in [1.82, 2.24) is 25.2 Å². The van der Waals surface area contributed by atoms with Crippen molar-refractivity contribution < 1.29 is 4.79 Å². The Hall–Kier alpha value is -2.91. The number of carbonyl (C=O) groups excluding carboxylic acids is 1. The molecule has 0 spiro atoms. The molecule has 4 aromatic rings. The minimum Gasteiger partial charge on any atom is -0.321 e. The summed E-state index contributed by atoms with van der Waals surface area (Å²) in [6, 6.07) is 11.9. The first-order valence-corrected chi connectivity index (χ1v) is 10.2. The number of tetrazole rings is 1. The molecule has 0 saturated heterocycles. The van der Waals surface area contributed by atoms with E-state index in [1.54, 1.807) is 17.5 Å². The number of rotatable bonds is 5. The molecule has 0 unspecified atom stereocenters. The molecular weight excluding hydrogens is 380 g/mol. The Morgan fingerprint density at radius 1 is 1.22 bits per heavy atom. The van der Waals surface area contributed by atoms with Crippen LogP contribution in [-0.2, 0) is 0 Å². The summed E-state index contributed by atoms with van der Waals surface area (Å²) in [6.07, 6.45) is 3.82. The Morgan fingerprint density at radius 3 is 2.96 bits per heavy atom. The average molecular weight is 394 g/mol. The predicted molar refractivity (Wildman–Crippen MR) is 105 cm³/mol. The highest BCUT2D eigenvalue weighted by Crippen LogP contribution is 2.37. The molecule has 1 aromatic carbocycles. The summed E-state index contributed by atoms with van der Waals surface area (Å²) in [5, 5.41) is 17.8. The van der Waals surface area contributed by atoms with Crippen LogP contribution in [0.15, 0.2) is 48.0 Å². The topological polar surface area (TPSA) is 85.6 Å². The van der Waals surface area contributed by atoms with Gasteiger partial charge in [-0.2, -0.15) is 0 Å². The maximum atomic E-state index is 12.6. The Balaban J connectivity index is 1.36. The summed E-state index contributed by atoms with van der Waals surface area (Å²) in [5.74, 6) is 0.556. The van der Waals surface area contributed by atoms with Crippen LogP contribution in [0, 0.1) is 0 Å². The minimum atomic E-state index is -0.172. The van der Waals surface area contributed by atoms with Gasteiger partial charge in [0.1, 0.15) is 9.88 Å². The quantitative estimate of drug-likeness (QED) is 0.550. The van der Waals surface area contributed by atoms with Crippen molar-refractivity contribution in [2.45, 2.75) is 18.9 Å². The normalized spacial score (nSPS) is 13.6. The summed E-state index contributed by atoms with van der Waals surface area (Å²) in [5.41, 5.74) is 1.59. The number of anilines is 1. The molecule has 0 radical (unpaired) electrons. The maximum Gasteiger partial charge on any atom is 0.267 e. The summed E-state index contributed by atoms with van der Waals surface area (Å²) >= 11 is 2.99. The lowest BCUT2D eigenvalue weighted by molar-refractivity contribution is 0.103. The molecule has 1 N–H and O–H groups in total. The second-order valence-corrected chi connectivity index (χ2v) is 8.20. The van der Waals surface area contributed by atoms with Gasteiger partial charge in [-0.15, -0.1) is 27.8 Å². The number of nitrogens with zero attached hydrogens (tertiary/aromatic N) is 5. The average Bonchev–Trinajstić information content (AvgIpc) is 3.15. The molecule has 1 aliphatic rings. The van der Waals surface area contributed by atoms with Crippen molar-refractivity contribution in [3.63, 3.8) is 0 Å². The molecule has 1 fully saturated rings. The van der Waals surface area contributed by atoms with Crippen LogP contribution >= 0.6 is 22.7 Å². The van der Waals surface area contributed by atoms with Gasteiger partial charge < -0.3 is 5.32 Å². The lowest BCUT2D eigenvalue weighted by Gasteiger charge is -2.06. The fraction of sp³-hybridized carbons (Fsp3) is 0.167. The molecule has 0 bridgehead atoms. The number of hydrogen-bond acceptors (Lipinski definition) is 7. The Bertz CT molecular complexity index is 1100. The van der Waals surface area contributed by atoms with E-state index in [2.05, 4.69) is 25.8 Å². The van der Waals surface area contributed by atoms with Gasteiger partial charge in [0.2, 0.25) is 0 Å². The zero-order valence-corrected chi connectivity index (χ0v) is 15.7. The third-order valence-corrected chi connectivity index (χ3v) is 6.26. The molecule has 134 valence electrons. The van der Waals surface area contributed by atoms with Crippen molar-refractivity contribution in [3.8, 4) is 21.3 Å². The summed E-state index contributed by atoms with van der Waals surface area (Å²) < 4.78 is 1.86. The van der Waals surface area contributed by atoms with Gasteiger partial charge in [0, 0.05) is 11.3 Å². The van der Waals surface area contributed by atoms with Gasteiger partial charge in [-0.25, -0.2) is 9.67 Å². The van der Waals surface area contributed by atoms with Crippen molar-refractivity contribution in [2.24, 2.45) is 0 Å². The number of hydrogen-bond donors (Lipinski definition) is 1. The third kappa shape index (κ3) is 3.26. The van der Waals surface area contributed by atoms with Gasteiger partial charge in [0.15, 0.2) is 5.82 Å². The molecule has 0 aliphatic heterocycles. The molecule has 3 aromatic heterocycles. The predicted octanol–water partition coefficient (Wildman–Crippen LogP) is 4.11. The van der Waals surface area contributed by atoms with E-state index in [9.17, 15) is 4.79 Å². The minimum absolute atomic E-state index is 0.172. The van der Waals surface area contributed by atoms with Crippen molar-refractivity contribution >= 4 is 34.3 Å². The number of nitrogens with one attached hydrogen (secondary N) is 1. The Morgan fingerprint density at radius 2 is 2.15 bits per heavy atom. The summed E-state index contributed by atoms with van der Waals surface area (Å²) in [7, 11) is 0. The highest BCUT2D eigenvalue weighted by atomic mass is 32.1. The second-order valence-electron chi connectivity index (χ2n) is 6.22. The SMILES string of the molecule is O=C(Nc1cccc(-c2nnnn2C2CC2)c1)c1cnc(-c2cccs2)s1. The van der Waals surface area contributed by atoms with E-state index < -0.39 is 0 Å². The van der Waals surface area contributed by atoms with Crippen LogP contribution in [0.2, 0.25) is 0 Å². The van der Waals surface area contributed by atoms with Gasteiger partial charge in [0.05, 0.1) is 17.1 Å². The van der Waals surface area contributed by atoms with E-state index in [-0.39, 0.29) is 5.91 Å². The van der Waals surface area contributed by atoms with Crippen molar-refractivity contribution in [1.29, 1.82) is 0 Å². The highest BCUT2D eigenvalue weighted by Gasteiger charge is 2.28. The summed E-state index contributed by atoms with van der Waals surface area (Å²) in [4.78, 5) is 18.6. The number of aromatic nitrogens is 5. The molecule has 9 heteroatoms. The first-order valence-electron chi connectivity index (χ1n) is 8.47. The van der Waals surface area contributed by atoms with Crippen LogP contribution in [0.4, 0.5) is 5.69 Å².